The molecule has 1 amide bonds. The van der Waals surface area contributed by atoms with Gasteiger partial charge in [-0.2, -0.15) is 0 Å². The smallest absolute Gasteiger partial charge is 0.293 e. The van der Waals surface area contributed by atoms with Crippen molar-refractivity contribution in [2.75, 3.05) is 17.7 Å². The van der Waals surface area contributed by atoms with Crippen molar-refractivity contribution in [1.82, 2.24) is 10.9 Å². The number of amides is 1. The molecule has 0 aliphatic heterocycles. The molecule has 4 N–H and O–H groups in total. The van der Waals surface area contributed by atoms with Gasteiger partial charge in [0.25, 0.3) is 11.6 Å². The minimum absolute atomic E-state index is 0.140. The van der Waals surface area contributed by atoms with Gasteiger partial charge in [0.05, 0.1) is 4.92 Å². The van der Waals surface area contributed by atoms with Gasteiger partial charge in [-0.3, -0.25) is 25.8 Å². The van der Waals surface area contributed by atoms with Crippen LogP contribution in [0.2, 0.25) is 0 Å². The lowest BCUT2D eigenvalue weighted by atomic mass is 10.1. The first kappa shape index (κ1) is 21.1. The number of carbonyl (C=O) groups excluding carboxylic acids is 1. The van der Waals surface area contributed by atoms with Crippen LogP contribution in [0, 0.1) is 10.1 Å². The first-order valence-corrected chi connectivity index (χ1v) is 9.28. The van der Waals surface area contributed by atoms with Crippen LogP contribution in [0.4, 0.5) is 17.1 Å². The first-order chi connectivity index (χ1) is 13.4. The second-order valence-corrected chi connectivity index (χ2v) is 6.48. The lowest BCUT2D eigenvalue weighted by Crippen LogP contribution is -2.43. The molecule has 2 aromatic carbocycles. The molecular weight excluding hydrogens is 378 g/mol. The number of hydrogen-bond acceptors (Lipinski definition) is 5. The summed E-state index contributed by atoms with van der Waals surface area (Å²) in [6, 6.07) is 12.1. The Kier molecular flexibility index (Phi) is 7.70. The van der Waals surface area contributed by atoms with E-state index >= 15 is 0 Å². The Morgan fingerprint density at radius 2 is 1.86 bits per heavy atom. The number of anilines is 2. The van der Waals surface area contributed by atoms with Crippen molar-refractivity contribution in [2.24, 2.45) is 0 Å². The van der Waals surface area contributed by atoms with Gasteiger partial charge in [0.1, 0.15) is 5.69 Å². The number of rotatable bonds is 7. The summed E-state index contributed by atoms with van der Waals surface area (Å²) in [5, 5.41) is 17.0. The minimum atomic E-state index is -0.549. The highest BCUT2D eigenvalue weighted by molar-refractivity contribution is 7.80. The van der Waals surface area contributed by atoms with Gasteiger partial charge >= 0.3 is 0 Å². The minimum Gasteiger partial charge on any atom is -0.383 e. The van der Waals surface area contributed by atoms with E-state index in [1.807, 2.05) is 24.3 Å². The third kappa shape index (κ3) is 5.92. The van der Waals surface area contributed by atoms with Crippen LogP contribution in [0.3, 0.4) is 0 Å². The Balaban J connectivity index is 1.91. The van der Waals surface area contributed by atoms with E-state index in [2.05, 4.69) is 28.4 Å². The average Bonchev–Trinajstić information content (AvgIpc) is 2.70. The lowest BCUT2D eigenvalue weighted by Gasteiger charge is -2.12. The quantitative estimate of drug-likeness (QED) is 0.319. The maximum absolute atomic E-state index is 12.2. The molecule has 2 aromatic rings. The van der Waals surface area contributed by atoms with Crippen molar-refractivity contribution in [3.8, 4) is 0 Å². The summed E-state index contributed by atoms with van der Waals surface area (Å²) in [5.74, 6) is -0.537. The van der Waals surface area contributed by atoms with E-state index in [1.165, 1.54) is 23.8 Å². The largest absolute Gasteiger partial charge is 0.383 e. The summed E-state index contributed by atoms with van der Waals surface area (Å²) in [7, 11) is 1.57. The number of nitrogens with zero attached hydrogens (tertiary/aromatic N) is 1. The average molecular weight is 401 g/mol. The number of hydrogen-bond donors (Lipinski definition) is 4. The van der Waals surface area contributed by atoms with Crippen LogP contribution in [0.1, 0.15) is 35.7 Å². The Morgan fingerprint density at radius 3 is 2.46 bits per heavy atom. The van der Waals surface area contributed by atoms with Crippen LogP contribution < -0.4 is 21.5 Å². The zero-order valence-electron chi connectivity index (χ0n) is 15.7. The van der Waals surface area contributed by atoms with E-state index < -0.39 is 10.8 Å². The highest BCUT2D eigenvalue weighted by Crippen LogP contribution is 2.24. The monoisotopic (exact) mass is 401 g/mol. The van der Waals surface area contributed by atoms with Crippen LogP contribution in [0.5, 0.6) is 0 Å². The van der Waals surface area contributed by atoms with Crippen LogP contribution in [-0.2, 0) is 6.42 Å². The number of nitrogens with one attached hydrogen (secondary N) is 4. The Labute approximate surface area is 168 Å². The standard InChI is InChI=1S/C19H23N5O3S/c1-3-4-5-13-6-9-15(10-7-13)21-19(28)23-22-18(25)14-8-11-16(20-2)17(12-14)24(26)27/h6-12,20H,3-5H2,1-2H3,(H,22,25)(H2,21,23,28). The summed E-state index contributed by atoms with van der Waals surface area (Å²) < 4.78 is 0. The third-order valence-corrected chi connectivity index (χ3v) is 4.25. The topological polar surface area (TPSA) is 108 Å². The number of nitro groups is 1. The van der Waals surface area contributed by atoms with E-state index in [0.717, 1.165) is 24.9 Å². The van der Waals surface area contributed by atoms with Gasteiger partial charge in [0, 0.05) is 24.4 Å². The van der Waals surface area contributed by atoms with E-state index in [9.17, 15) is 14.9 Å². The Morgan fingerprint density at radius 1 is 1.14 bits per heavy atom. The fraction of sp³-hybridized carbons (Fsp3) is 0.263. The van der Waals surface area contributed by atoms with Gasteiger partial charge in [-0.1, -0.05) is 25.5 Å². The van der Waals surface area contributed by atoms with E-state index in [0.29, 0.717) is 5.69 Å². The van der Waals surface area contributed by atoms with Gasteiger partial charge in [0.15, 0.2) is 5.11 Å². The highest BCUT2D eigenvalue weighted by atomic mass is 32.1. The van der Waals surface area contributed by atoms with Gasteiger partial charge in [-0.15, -0.1) is 0 Å². The number of aryl methyl sites for hydroxylation is 1. The van der Waals surface area contributed by atoms with Gasteiger partial charge in [-0.25, -0.2) is 0 Å². The normalized spacial score (nSPS) is 10.1. The molecule has 0 saturated carbocycles. The zero-order valence-corrected chi connectivity index (χ0v) is 16.6. The highest BCUT2D eigenvalue weighted by Gasteiger charge is 2.16. The summed E-state index contributed by atoms with van der Waals surface area (Å²) in [6.45, 7) is 2.15. The van der Waals surface area contributed by atoms with Crippen molar-refractivity contribution < 1.29 is 9.72 Å². The molecule has 0 aliphatic carbocycles. The molecule has 0 aromatic heterocycles. The maximum atomic E-state index is 12.2. The Hall–Kier alpha value is -3.20. The number of carbonyl (C=O) groups is 1. The molecule has 0 spiro atoms. The number of benzene rings is 2. The molecule has 28 heavy (non-hydrogen) atoms. The molecule has 2 rings (SSSR count). The van der Waals surface area contributed by atoms with E-state index in [-0.39, 0.29) is 16.4 Å². The SMILES string of the molecule is CCCCc1ccc(NC(=S)NNC(=O)c2ccc(NC)c([N+](=O)[O-])c2)cc1. The molecule has 9 heteroatoms. The molecule has 0 saturated heterocycles. The van der Waals surface area contributed by atoms with Crippen LogP contribution >= 0.6 is 12.2 Å². The number of nitro benzene ring substituents is 1. The molecule has 8 nitrogen and oxygen atoms in total. The van der Waals surface area contributed by atoms with Gasteiger partial charge < -0.3 is 10.6 Å². The summed E-state index contributed by atoms with van der Waals surface area (Å²) in [6.07, 6.45) is 3.33. The van der Waals surface area contributed by atoms with E-state index in [4.69, 9.17) is 12.2 Å². The van der Waals surface area contributed by atoms with Crippen LogP contribution in [-0.4, -0.2) is 23.0 Å². The lowest BCUT2D eigenvalue weighted by molar-refractivity contribution is -0.384. The second kappa shape index (κ2) is 10.2. The molecule has 0 heterocycles. The van der Waals surface area contributed by atoms with Crippen LogP contribution in [0.25, 0.3) is 0 Å². The van der Waals surface area contributed by atoms with Crippen LogP contribution in [0.15, 0.2) is 42.5 Å². The third-order valence-electron chi connectivity index (χ3n) is 4.05. The fourth-order valence-electron chi connectivity index (χ4n) is 2.52. The predicted molar refractivity (Wildman–Crippen MR) is 115 cm³/mol. The van der Waals surface area contributed by atoms with Gasteiger partial charge in [0.2, 0.25) is 0 Å². The summed E-state index contributed by atoms with van der Waals surface area (Å²) in [4.78, 5) is 22.8. The Bertz CT molecular complexity index is 855. The molecule has 0 radical (unpaired) electrons. The van der Waals surface area contributed by atoms with Crippen molar-refractivity contribution in [1.29, 1.82) is 0 Å². The molecule has 0 bridgehead atoms. The zero-order chi connectivity index (χ0) is 20.5. The fourth-order valence-corrected chi connectivity index (χ4v) is 2.69. The maximum Gasteiger partial charge on any atom is 0.293 e. The molecule has 0 aliphatic rings. The van der Waals surface area contributed by atoms with Crippen molar-refractivity contribution in [3.63, 3.8) is 0 Å². The molecule has 0 unspecified atom stereocenters. The summed E-state index contributed by atoms with van der Waals surface area (Å²) in [5.41, 5.74) is 7.35. The summed E-state index contributed by atoms with van der Waals surface area (Å²) >= 11 is 5.16. The van der Waals surface area contributed by atoms with Crippen molar-refractivity contribution >= 4 is 40.3 Å². The van der Waals surface area contributed by atoms with Crippen molar-refractivity contribution in [2.45, 2.75) is 26.2 Å². The molecule has 0 fully saturated rings. The van der Waals surface area contributed by atoms with E-state index in [1.54, 1.807) is 7.05 Å². The molecule has 148 valence electrons. The first-order valence-electron chi connectivity index (χ1n) is 8.87. The van der Waals surface area contributed by atoms with Crippen molar-refractivity contribution in [3.05, 3.63) is 63.7 Å². The van der Waals surface area contributed by atoms with Gasteiger partial charge in [-0.05, 0) is 54.9 Å². The number of hydrazine groups is 1. The molecular formula is C19H23N5O3S. The second-order valence-electron chi connectivity index (χ2n) is 6.07. The predicted octanol–water partition coefficient (Wildman–Crippen LogP) is 3.61. The number of thiocarbonyl (C=S) groups is 1. The molecule has 0 atom stereocenters. The number of unbranched alkanes of at least 4 members (excludes halogenated alkanes) is 1.